The zero-order chi connectivity index (χ0) is 12.4. The number of hydrogen-bond acceptors (Lipinski definition) is 4. The first-order valence-corrected chi connectivity index (χ1v) is 6.53. The quantitative estimate of drug-likeness (QED) is 0.872. The minimum Gasteiger partial charge on any atom is -0.340 e. The molecule has 1 fully saturated rings. The summed E-state index contributed by atoms with van der Waals surface area (Å²) in [6, 6.07) is 8.09. The van der Waals surface area contributed by atoms with Gasteiger partial charge in [-0.25, -0.2) is 9.97 Å². The number of rotatable bonds is 2. The lowest BCUT2D eigenvalue weighted by Gasteiger charge is -2.32. The van der Waals surface area contributed by atoms with Crippen LogP contribution in [0.2, 0.25) is 0 Å². The van der Waals surface area contributed by atoms with Crippen molar-refractivity contribution in [1.29, 1.82) is 0 Å². The fraction of sp³-hybridized carbons (Fsp3) is 0.429. The molecule has 0 radical (unpaired) electrons. The molecular weight excluding hydrogens is 224 g/mol. The zero-order valence-electron chi connectivity index (χ0n) is 10.4. The lowest BCUT2D eigenvalue weighted by molar-refractivity contribution is 0.420. The molecule has 2 heterocycles. The number of para-hydroxylation sites is 1. The van der Waals surface area contributed by atoms with Crippen LogP contribution in [0.15, 0.2) is 30.5 Å². The number of anilines is 1. The van der Waals surface area contributed by atoms with Gasteiger partial charge in [-0.1, -0.05) is 18.2 Å². The molecule has 3 rings (SSSR count). The van der Waals surface area contributed by atoms with Gasteiger partial charge in [0.15, 0.2) is 0 Å². The Kier molecular flexibility index (Phi) is 3.11. The van der Waals surface area contributed by atoms with E-state index in [9.17, 15) is 0 Å². The van der Waals surface area contributed by atoms with Gasteiger partial charge in [-0.3, -0.25) is 0 Å². The van der Waals surface area contributed by atoms with Crippen molar-refractivity contribution in [3.8, 4) is 0 Å². The van der Waals surface area contributed by atoms with Crippen LogP contribution in [0.25, 0.3) is 10.9 Å². The Bertz CT molecular complexity index is 540. The summed E-state index contributed by atoms with van der Waals surface area (Å²) in [5, 5.41) is 1.09. The summed E-state index contributed by atoms with van der Waals surface area (Å²) in [5.74, 6) is 1.42. The van der Waals surface area contributed by atoms with E-state index in [-0.39, 0.29) is 0 Å². The van der Waals surface area contributed by atoms with Crippen molar-refractivity contribution in [2.75, 3.05) is 24.5 Å². The molecule has 4 nitrogen and oxygen atoms in total. The van der Waals surface area contributed by atoms with Crippen LogP contribution in [-0.4, -0.2) is 29.6 Å². The van der Waals surface area contributed by atoms with Crippen molar-refractivity contribution >= 4 is 16.9 Å². The number of nitrogens with two attached hydrogens (primary N) is 1. The smallest absolute Gasteiger partial charge is 0.225 e. The maximum Gasteiger partial charge on any atom is 0.225 e. The highest BCUT2D eigenvalue weighted by Crippen LogP contribution is 2.21. The first kappa shape index (κ1) is 11.4. The molecule has 4 heteroatoms. The van der Waals surface area contributed by atoms with Crippen molar-refractivity contribution in [2.45, 2.75) is 12.8 Å². The summed E-state index contributed by atoms with van der Waals surface area (Å²) in [6.45, 7) is 2.77. The van der Waals surface area contributed by atoms with E-state index in [1.54, 1.807) is 0 Å². The van der Waals surface area contributed by atoms with Crippen LogP contribution in [0.5, 0.6) is 0 Å². The Labute approximate surface area is 107 Å². The van der Waals surface area contributed by atoms with E-state index in [1.807, 2.05) is 30.5 Å². The minimum absolute atomic E-state index is 0.578. The predicted octanol–water partition coefficient (Wildman–Crippen LogP) is 1.80. The molecule has 2 N–H and O–H groups in total. The molecule has 1 atom stereocenters. The first-order valence-electron chi connectivity index (χ1n) is 6.53. The van der Waals surface area contributed by atoms with Crippen LogP contribution in [-0.2, 0) is 0 Å². The third-order valence-corrected chi connectivity index (χ3v) is 3.61. The second kappa shape index (κ2) is 4.90. The molecule has 0 aliphatic carbocycles. The Balaban J connectivity index is 1.89. The second-order valence-corrected chi connectivity index (χ2v) is 4.92. The number of fused-ring (bicyclic) bond motifs is 1. The average molecular weight is 242 g/mol. The second-order valence-electron chi connectivity index (χ2n) is 4.92. The van der Waals surface area contributed by atoms with Crippen LogP contribution in [0.3, 0.4) is 0 Å². The zero-order valence-corrected chi connectivity index (χ0v) is 10.4. The average Bonchev–Trinajstić information content (AvgIpc) is 2.47. The SMILES string of the molecule is NCC1CCCN(c2ncc3ccccc3n2)C1. The number of piperidine rings is 1. The number of benzene rings is 1. The van der Waals surface area contributed by atoms with Crippen molar-refractivity contribution in [2.24, 2.45) is 11.7 Å². The molecule has 1 saturated heterocycles. The maximum absolute atomic E-state index is 5.77. The summed E-state index contributed by atoms with van der Waals surface area (Å²) in [7, 11) is 0. The molecule has 0 saturated carbocycles. The third kappa shape index (κ3) is 2.16. The molecule has 94 valence electrons. The molecule has 1 aliphatic heterocycles. The summed E-state index contributed by atoms with van der Waals surface area (Å²) < 4.78 is 0. The van der Waals surface area contributed by atoms with Crippen molar-refractivity contribution in [3.63, 3.8) is 0 Å². The van der Waals surface area contributed by atoms with Crippen molar-refractivity contribution < 1.29 is 0 Å². The van der Waals surface area contributed by atoms with Gasteiger partial charge in [0, 0.05) is 24.7 Å². The van der Waals surface area contributed by atoms with Crippen LogP contribution >= 0.6 is 0 Å². The highest BCUT2D eigenvalue weighted by Gasteiger charge is 2.20. The van der Waals surface area contributed by atoms with E-state index in [0.717, 1.165) is 36.5 Å². The molecule has 0 bridgehead atoms. The van der Waals surface area contributed by atoms with E-state index < -0.39 is 0 Å². The molecule has 1 unspecified atom stereocenters. The van der Waals surface area contributed by atoms with Gasteiger partial charge in [0.25, 0.3) is 0 Å². The molecule has 2 aromatic rings. The lowest BCUT2D eigenvalue weighted by Crippen LogP contribution is -2.39. The number of hydrogen-bond donors (Lipinski definition) is 1. The van der Waals surface area contributed by atoms with Crippen molar-refractivity contribution in [1.82, 2.24) is 9.97 Å². The van der Waals surface area contributed by atoms with Gasteiger partial charge in [0.05, 0.1) is 5.52 Å². The lowest BCUT2D eigenvalue weighted by atomic mass is 9.99. The molecule has 1 aliphatic rings. The normalized spacial score (nSPS) is 20.3. The Hall–Kier alpha value is -1.68. The Morgan fingerprint density at radius 2 is 2.22 bits per heavy atom. The largest absolute Gasteiger partial charge is 0.340 e. The summed E-state index contributed by atoms with van der Waals surface area (Å²) in [6.07, 6.45) is 4.31. The number of aromatic nitrogens is 2. The molecule has 1 aromatic heterocycles. The summed E-state index contributed by atoms with van der Waals surface area (Å²) >= 11 is 0. The third-order valence-electron chi connectivity index (χ3n) is 3.61. The maximum atomic E-state index is 5.77. The van der Waals surface area contributed by atoms with E-state index in [4.69, 9.17) is 5.73 Å². The van der Waals surface area contributed by atoms with E-state index in [0.29, 0.717) is 5.92 Å². The fourth-order valence-corrected chi connectivity index (χ4v) is 2.55. The molecular formula is C14H18N4. The monoisotopic (exact) mass is 242 g/mol. The first-order chi connectivity index (χ1) is 8.86. The molecule has 18 heavy (non-hydrogen) atoms. The fourth-order valence-electron chi connectivity index (χ4n) is 2.55. The van der Waals surface area contributed by atoms with E-state index >= 15 is 0 Å². The molecule has 0 amide bonds. The van der Waals surface area contributed by atoms with Crippen LogP contribution in [0.1, 0.15) is 12.8 Å². The Morgan fingerprint density at radius 1 is 1.33 bits per heavy atom. The van der Waals surface area contributed by atoms with Crippen LogP contribution in [0.4, 0.5) is 5.95 Å². The van der Waals surface area contributed by atoms with Gasteiger partial charge in [-0.15, -0.1) is 0 Å². The topological polar surface area (TPSA) is 55.0 Å². The van der Waals surface area contributed by atoms with Gasteiger partial charge >= 0.3 is 0 Å². The summed E-state index contributed by atoms with van der Waals surface area (Å²) in [4.78, 5) is 11.4. The highest BCUT2D eigenvalue weighted by molar-refractivity contribution is 5.78. The van der Waals surface area contributed by atoms with Gasteiger partial charge < -0.3 is 10.6 Å². The summed E-state index contributed by atoms with van der Waals surface area (Å²) in [5.41, 5.74) is 6.78. The van der Waals surface area contributed by atoms with Crippen LogP contribution in [0, 0.1) is 5.92 Å². The minimum atomic E-state index is 0.578. The van der Waals surface area contributed by atoms with E-state index in [2.05, 4.69) is 14.9 Å². The molecule has 1 aromatic carbocycles. The Morgan fingerprint density at radius 3 is 3.11 bits per heavy atom. The molecule has 0 spiro atoms. The van der Waals surface area contributed by atoms with Gasteiger partial charge in [-0.05, 0) is 31.4 Å². The number of nitrogens with zero attached hydrogens (tertiary/aromatic N) is 3. The standard InChI is InChI=1S/C14H18N4/c15-8-11-4-3-7-18(10-11)14-16-9-12-5-1-2-6-13(12)17-14/h1-2,5-6,9,11H,3-4,7-8,10,15H2. The highest BCUT2D eigenvalue weighted by atomic mass is 15.3. The van der Waals surface area contributed by atoms with E-state index in [1.165, 1.54) is 12.8 Å². The predicted molar refractivity (Wildman–Crippen MR) is 73.5 cm³/mol. The van der Waals surface area contributed by atoms with Gasteiger partial charge in [0.2, 0.25) is 5.95 Å². The van der Waals surface area contributed by atoms with Gasteiger partial charge in [0.1, 0.15) is 0 Å². The van der Waals surface area contributed by atoms with Gasteiger partial charge in [-0.2, -0.15) is 0 Å². The van der Waals surface area contributed by atoms with Crippen molar-refractivity contribution in [3.05, 3.63) is 30.5 Å². The van der Waals surface area contributed by atoms with Crippen LogP contribution < -0.4 is 10.6 Å².